The topological polar surface area (TPSA) is 88.9 Å². The van der Waals surface area contributed by atoms with Crippen LogP contribution in [-0.4, -0.2) is 43.0 Å². The van der Waals surface area contributed by atoms with Gasteiger partial charge in [0, 0.05) is 5.56 Å². The zero-order chi connectivity index (χ0) is 25.7. The van der Waals surface area contributed by atoms with E-state index < -0.39 is 11.9 Å². The number of nitrogens with zero attached hydrogens (tertiary/aromatic N) is 2. The molecular formula is C27H23FN2O6. The zero-order valence-electron chi connectivity index (χ0n) is 19.9. The molecule has 4 aromatic rings. The van der Waals surface area contributed by atoms with Crippen molar-refractivity contribution < 1.29 is 32.9 Å². The van der Waals surface area contributed by atoms with E-state index in [4.69, 9.17) is 18.9 Å². The van der Waals surface area contributed by atoms with Crippen LogP contribution in [0.15, 0.2) is 72.8 Å². The van der Waals surface area contributed by atoms with Gasteiger partial charge < -0.3 is 18.9 Å². The number of carbonyl (C=O) groups excluding carboxylic acids is 2. The predicted molar refractivity (Wildman–Crippen MR) is 129 cm³/mol. The number of methoxy groups -OCH3 is 3. The molecule has 0 bridgehead atoms. The highest BCUT2D eigenvalue weighted by Gasteiger charge is 2.31. The van der Waals surface area contributed by atoms with Crippen molar-refractivity contribution in [2.75, 3.05) is 21.3 Å². The van der Waals surface area contributed by atoms with Crippen molar-refractivity contribution in [2.45, 2.75) is 6.61 Å². The summed E-state index contributed by atoms with van der Waals surface area (Å²) in [5.41, 5.74) is 1.85. The van der Waals surface area contributed by atoms with E-state index in [1.54, 1.807) is 54.6 Å². The Morgan fingerprint density at radius 2 is 1.56 bits per heavy atom. The van der Waals surface area contributed by atoms with Crippen LogP contribution in [0.4, 0.5) is 4.39 Å². The number of aromatic nitrogens is 2. The molecule has 1 aromatic heterocycles. The summed E-state index contributed by atoms with van der Waals surface area (Å²) in [4.78, 5) is 25.7. The minimum absolute atomic E-state index is 0.0529. The first-order valence-electron chi connectivity index (χ1n) is 10.9. The predicted octanol–water partition coefficient (Wildman–Crippen LogP) is 4.84. The summed E-state index contributed by atoms with van der Waals surface area (Å²) < 4.78 is 35.9. The standard InChI is InChI=1S/C27H23FN2O6/c1-33-21-14-11-18(15-22(21)36-16-17-9-12-19(28)13-10-17)24-23(26(31)34-2)25(27(32)35-3)30(29-24)20-7-5-4-6-8-20/h4-15H,16H2,1-3H3. The third-order valence-electron chi connectivity index (χ3n) is 5.40. The van der Waals surface area contributed by atoms with Crippen LogP contribution >= 0.6 is 0 Å². The van der Waals surface area contributed by atoms with Crippen molar-refractivity contribution in [2.24, 2.45) is 0 Å². The molecule has 1 heterocycles. The number of hydrogen-bond acceptors (Lipinski definition) is 7. The Kier molecular flexibility index (Phi) is 7.29. The van der Waals surface area contributed by atoms with E-state index in [1.165, 1.54) is 38.1 Å². The van der Waals surface area contributed by atoms with Gasteiger partial charge in [0.2, 0.25) is 0 Å². The monoisotopic (exact) mass is 490 g/mol. The molecule has 9 heteroatoms. The van der Waals surface area contributed by atoms with Crippen LogP contribution in [0, 0.1) is 5.82 Å². The second kappa shape index (κ2) is 10.7. The molecule has 0 saturated heterocycles. The number of hydrogen-bond donors (Lipinski definition) is 0. The van der Waals surface area contributed by atoms with Crippen molar-refractivity contribution in [3.05, 3.63) is 95.4 Å². The maximum absolute atomic E-state index is 13.2. The second-order valence-electron chi connectivity index (χ2n) is 7.58. The van der Waals surface area contributed by atoms with Gasteiger partial charge in [-0.3, -0.25) is 0 Å². The van der Waals surface area contributed by atoms with E-state index >= 15 is 0 Å². The highest BCUT2D eigenvalue weighted by atomic mass is 19.1. The van der Waals surface area contributed by atoms with Crippen LogP contribution in [0.25, 0.3) is 16.9 Å². The van der Waals surface area contributed by atoms with Crippen molar-refractivity contribution in [1.82, 2.24) is 9.78 Å². The van der Waals surface area contributed by atoms with E-state index in [9.17, 15) is 14.0 Å². The lowest BCUT2D eigenvalue weighted by atomic mass is 10.0. The summed E-state index contributed by atoms with van der Waals surface area (Å²) in [7, 11) is 3.94. The number of benzene rings is 3. The third-order valence-corrected chi connectivity index (χ3v) is 5.40. The van der Waals surface area contributed by atoms with Gasteiger partial charge >= 0.3 is 11.9 Å². The number of ether oxygens (including phenoxy) is 4. The summed E-state index contributed by atoms with van der Waals surface area (Å²) in [5, 5.41) is 4.59. The Bertz CT molecular complexity index is 1380. The van der Waals surface area contributed by atoms with Crippen LogP contribution in [0.2, 0.25) is 0 Å². The molecule has 0 unspecified atom stereocenters. The minimum atomic E-state index is -0.753. The first-order valence-corrected chi connectivity index (χ1v) is 10.9. The van der Waals surface area contributed by atoms with Gasteiger partial charge in [-0.15, -0.1) is 0 Å². The Balaban J connectivity index is 1.84. The molecule has 184 valence electrons. The first-order chi connectivity index (χ1) is 17.5. The molecule has 0 saturated carbocycles. The van der Waals surface area contributed by atoms with Crippen molar-refractivity contribution >= 4 is 11.9 Å². The van der Waals surface area contributed by atoms with Gasteiger partial charge in [-0.1, -0.05) is 30.3 Å². The molecule has 0 spiro atoms. The Hall–Kier alpha value is -4.66. The molecule has 0 amide bonds. The molecule has 36 heavy (non-hydrogen) atoms. The number of halogens is 1. The third kappa shape index (κ3) is 4.90. The Labute approximate surface area is 206 Å². The quantitative estimate of drug-likeness (QED) is 0.327. The highest BCUT2D eigenvalue weighted by Crippen LogP contribution is 2.36. The summed E-state index contributed by atoms with van der Waals surface area (Å²) in [6.45, 7) is 0.149. The molecule has 0 aliphatic rings. The SMILES string of the molecule is COC(=O)c1c(-c2ccc(OC)c(OCc3ccc(F)cc3)c2)nn(-c2ccccc2)c1C(=O)OC. The van der Waals surface area contributed by atoms with Gasteiger partial charge in [0.05, 0.1) is 27.0 Å². The molecule has 0 aliphatic heterocycles. The van der Waals surface area contributed by atoms with Gasteiger partial charge in [0.25, 0.3) is 0 Å². The average Bonchev–Trinajstić information content (AvgIpc) is 3.33. The van der Waals surface area contributed by atoms with Crippen LogP contribution in [0.3, 0.4) is 0 Å². The van der Waals surface area contributed by atoms with Crippen molar-refractivity contribution in [1.29, 1.82) is 0 Å². The molecule has 3 aromatic carbocycles. The maximum atomic E-state index is 13.2. The van der Waals surface area contributed by atoms with E-state index in [0.29, 0.717) is 22.7 Å². The molecular weight excluding hydrogens is 467 g/mol. The number of rotatable bonds is 8. The van der Waals surface area contributed by atoms with Crippen LogP contribution in [0.1, 0.15) is 26.4 Å². The first kappa shape index (κ1) is 24.5. The van der Waals surface area contributed by atoms with E-state index in [1.807, 2.05) is 6.07 Å². The summed E-state index contributed by atoms with van der Waals surface area (Å²) in [6.07, 6.45) is 0. The maximum Gasteiger partial charge on any atom is 0.357 e. The molecule has 8 nitrogen and oxygen atoms in total. The Morgan fingerprint density at radius 3 is 2.19 bits per heavy atom. The van der Waals surface area contributed by atoms with E-state index in [-0.39, 0.29) is 29.4 Å². The number of para-hydroxylation sites is 1. The highest BCUT2D eigenvalue weighted by molar-refractivity contribution is 6.06. The molecule has 0 fully saturated rings. The fourth-order valence-electron chi connectivity index (χ4n) is 3.64. The lowest BCUT2D eigenvalue weighted by Gasteiger charge is -2.12. The Morgan fingerprint density at radius 1 is 0.861 bits per heavy atom. The van der Waals surface area contributed by atoms with Gasteiger partial charge in [0.1, 0.15) is 23.7 Å². The van der Waals surface area contributed by atoms with Crippen molar-refractivity contribution in [3.8, 4) is 28.4 Å². The summed E-state index contributed by atoms with van der Waals surface area (Å²) in [5.74, 6) is -1.04. The fraction of sp³-hybridized carbons (Fsp3) is 0.148. The number of carbonyl (C=O) groups is 2. The van der Waals surface area contributed by atoms with Crippen LogP contribution in [-0.2, 0) is 16.1 Å². The normalized spacial score (nSPS) is 10.6. The summed E-state index contributed by atoms with van der Waals surface area (Å²) >= 11 is 0. The molecule has 0 N–H and O–H groups in total. The zero-order valence-corrected chi connectivity index (χ0v) is 19.9. The number of esters is 2. The molecule has 0 aliphatic carbocycles. The molecule has 4 rings (SSSR count). The summed E-state index contributed by atoms with van der Waals surface area (Å²) in [6, 6.07) is 19.8. The lowest BCUT2D eigenvalue weighted by Crippen LogP contribution is -2.15. The second-order valence-corrected chi connectivity index (χ2v) is 7.58. The van der Waals surface area contributed by atoms with Gasteiger partial charge in [0.15, 0.2) is 17.2 Å². The molecule has 0 atom stereocenters. The van der Waals surface area contributed by atoms with Crippen LogP contribution < -0.4 is 9.47 Å². The van der Waals surface area contributed by atoms with Gasteiger partial charge in [-0.2, -0.15) is 5.10 Å². The van der Waals surface area contributed by atoms with Crippen molar-refractivity contribution in [3.63, 3.8) is 0 Å². The van der Waals surface area contributed by atoms with Gasteiger partial charge in [-0.05, 0) is 48.0 Å². The fourth-order valence-corrected chi connectivity index (χ4v) is 3.64. The van der Waals surface area contributed by atoms with Crippen LogP contribution in [0.5, 0.6) is 11.5 Å². The lowest BCUT2D eigenvalue weighted by molar-refractivity contribution is 0.0549. The average molecular weight is 490 g/mol. The van der Waals surface area contributed by atoms with E-state index in [2.05, 4.69) is 5.10 Å². The minimum Gasteiger partial charge on any atom is -0.493 e. The smallest absolute Gasteiger partial charge is 0.357 e. The molecule has 0 radical (unpaired) electrons. The largest absolute Gasteiger partial charge is 0.493 e. The van der Waals surface area contributed by atoms with Gasteiger partial charge in [-0.25, -0.2) is 18.7 Å². The van der Waals surface area contributed by atoms with E-state index in [0.717, 1.165) is 5.56 Å².